The first-order chi connectivity index (χ1) is 12.1. The summed E-state index contributed by atoms with van der Waals surface area (Å²) in [7, 11) is 0. The lowest BCUT2D eigenvalue weighted by Crippen LogP contribution is -2.28. The van der Waals surface area contributed by atoms with E-state index in [0.29, 0.717) is 43.4 Å². The Labute approximate surface area is 148 Å². The zero-order valence-corrected chi connectivity index (χ0v) is 15.0. The molecule has 2 rings (SSSR count). The van der Waals surface area contributed by atoms with Crippen LogP contribution < -0.4 is 19.5 Å². The van der Waals surface area contributed by atoms with E-state index in [9.17, 15) is 4.79 Å². The fourth-order valence-corrected chi connectivity index (χ4v) is 2.26. The summed E-state index contributed by atoms with van der Waals surface area (Å²) < 4.78 is 16.6. The van der Waals surface area contributed by atoms with E-state index in [1.807, 2.05) is 45.0 Å². The molecule has 0 heterocycles. The zero-order chi connectivity index (χ0) is 18.1. The molecule has 25 heavy (non-hydrogen) atoms. The number of hydrogen-bond donors (Lipinski definition) is 1. The maximum atomic E-state index is 12.3. The SMILES string of the molecule is CCOc1ccc(C(=O)NCCOc2ccc(C)cc2)cc1OCC. The minimum Gasteiger partial charge on any atom is -0.492 e. The normalized spacial score (nSPS) is 10.2. The van der Waals surface area contributed by atoms with Crippen LogP contribution in [0.2, 0.25) is 0 Å². The molecule has 134 valence electrons. The molecule has 0 fully saturated rings. The number of nitrogens with one attached hydrogen (secondary N) is 1. The third-order valence-corrected chi connectivity index (χ3v) is 3.48. The highest BCUT2D eigenvalue weighted by atomic mass is 16.5. The van der Waals surface area contributed by atoms with E-state index in [1.54, 1.807) is 18.2 Å². The van der Waals surface area contributed by atoms with Gasteiger partial charge in [-0.1, -0.05) is 17.7 Å². The van der Waals surface area contributed by atoms with Crippen molar-refractivity contribution < 1.29 is 19.0 Å². The van der Waals surface area contributed by atoms with Gasteiger partial charge >= 0.3 is 0 Å². The van der Waals surface area contributed by atoms with Crippen molar-refractivity contribution in [2.75, 3.05) is 26.4 Å². The van der Waals surface area contributed by atoms with E-state index < -0.39 is 0 Å². The van der Waals surface area contributed by atoms with Crippen LogP contribution in [-0.2, 0) is 0 Å². The minimum absolute atomic E-state index is 0.170. The maximum Gasteiger partial charge on any atom is 0.251 e. The molecule has 2 aromatic carbocycles. The lowest BCUT2D eigenvalue weighted by Gasteiger charge is -2.12. The van der Waals surface area contributed by atoms with Crippen molar-refractivity contribution in [3.63, 3.8) is 0 Å². The van der Waals surface area contributed by atoms with E-state index in [-0.39, 0.29) is 5.91 Å². The zero-order valence-electron chi connectivity index (χ0n) is 15.0. The summed E-state index contributed by atoms with van der Waals surface area (Å²) in [5.41, 5.74) is 1.71. The number of hydrogen-bond acceptors (Lipinski definition) is 4. The third kappa shape index (κ3) is 5.71. The number of aryl methyl sites for hydroxylation is 1. The number of carbonyl (C=O) groups is 1. The van der Waals surface area contributed by atoms with Crippen LogP contribution in [0.1, 0.15) is 29.8 Å². The Kier molecular flexibility index (Phi) is 7.14. The Balaban J connectivity index is 1.87. The lowest BCUT2D eigenvalue weighted by molar-refractivity contribution is 0.0946. The van der Waals surface area contributed by atoms with Gasteiger partial charge in [0, 0.05) is 5.56 Å². The van der Waals surface area contributed by atoms with E-state index in [1.165, 1.54) is 5.56 Å². The molecule has 0 radical (unpaired) electrons. The van der Waals surface area contributed by atoms with Gasteiger partial charge < -0.3 is 19.5 Å². The van der Waals surface area contributed by atoms with Gasteiger partial charge in [0.2, 0.25) is 0 Å². The van der Waals surface area contributed by atoms with Crippen LogP contribution in [0.25, 0.3) is 0 Å². The first-order valence-corrected chi connectivity index (χ1v) is 8.51. The number of carbonyl (C=O) groups excluding carboxylic acids is 1. The topological polar surface area (TPSA) is 56.8 Å². The van der Waals surface area contributed by atoms with E-state index in [2.05, 4.69) is 5.32 Å². The van der Waals surface area contributed by atoms with Gasteiger partial charge in [-0.15, -0.1) is 0 Å². The van der Waals surface area contributed by atoms with Crippen molar-refractivity contribution in [1.82, 2.24) is 5.32 Å². The Morgan fingerprint density at radius 1 is 0.920 bits per heavy atom. The highest BCUT2D eigenvalue weighted by Gasteiger charge is 2.11. The van der Waals surface area contributed by atoms with Crippen LogP contribution >= 0.6 is 0 Å². The van der Waals surface area contributed by atoms with Gasteiger partial charge in [-0.05, 0) is 51.1 Å². The fraction of sp³-hybridized carbons (Fsp3) is 0.350. The second-order valence-corrected chi connectivity index (χ2v) is 5.44. The van der Waals surface area contributed by atoms with Crippen molar-refractivity contribution in [3.05, 3.63) is 53.6 Å². The largest absolute Gasteiger partial charge is 0.492 e. The van der Waals surface area contributed by atoms with Gasteiger partial charge in [0.05, 0.1) is 19.8 Å². The molecule has 0 atom stereocenters. The predicted octanol–water partition coefficient (Wildman–Crippen LogP) is 3.60. The van der Waals surface area contributed by atoms with Gasteiger partial charge in [0.25, 0.3) is 5.91 Å². The van der Waals surface area contributed by atoms with Gasteiger partial charge in [-0.2, -0.15) is 0 Å². The summed E-state index contributed by atoms with van der Waals surface area (Å²) in [5, 5.41) is 2.84. The predicted molar refractivity (Wildman–Crippen MR) is 97.8 cm³/mol. The Hall–Kier alpha value is -2.69. The van der Waals surface area contributed by atoms with Gasteiger partial charge in [-0.25, -0.2) is 0 Å². The lowest BCUT2D eigenvalue weighted by atomic mass is 10.2. The molecule has 0 aliphatic heterocycles. The van der Waals surface area contributed by atoms with Crippen LogP contribution in [0.4, 0.5) is 0 Å². The van der Waals surface area contributed by atoms with Crippen molar-refractivity contribution >= 4 is 5.91 Å². The standard InChI is InChI=1S/C20H25NO4/c1-4-23-18-11-8-16(14-19(18)24-5-2)20(22)21-12-13-25-17-9-6-15(3)7-10-17/h6-11,14H,4-5,12-13H2,1-3H3,(H,21,22). The first-order valence-electron chi connectivity index (χ1n) is 8.51. The first kappa shape index (κ1) is 18.6. The summed E-state index contributed by atoms with van der Waals surface area (Å²) >= 11 is 0. The molecule has 1 amide bonds. The summed E-state index contributed by atoms with van der Waals surface area (Å²) in [6.07, 6.45) is 0. The van der Waals surface area contributed by atoms with Gasteiger partial charge in [-0.3, -0.25) is 4.79 Å². The molecule has 1 N–H and O–H groups in total. The molecule has 2 aromatic rings. The summed E-state index contributed by atoms with van der Waals surface area (Å²) in [6.45, 7) is 7.71. The van der Waals surface area contributed by atoms with Crippen LogP contribution in [0.5, 0.6) is 17.2 Å². The van der Waals surface area contributed by atoms with Crippen LogP contribution in [-0.4, -0.2) is 32.3 Å². The van der Waals surface area contributed by atoms with Crippen molar-refractivity contribution in [2.45, 2.75) is 20.8 Å². The fourth-order valence-electron chi connectivity index (χ4n) is 2.26. The number of ether oxygens (including phenoxy) is 3. The molecule has 0 spiro atoms. The second-order valence-electron chi connectivity index (χ2n) is 5.44. The number of amides is 1. The molecular weight excluding hydrogens is 318 g/mol. The molecule has 0 aliphatic carbocycles. The van der Waals surface area contributed by atoms with E-state index in [4.69, 9.17) is 14.2 Å². The van der Waals surface area contributed by atoms with Crippen LogP contribution in [0.3, 0.4) is 0 Å². The highest BCUT2D eigenvalue weighted by molar-refractivity contribution is 5.94. The second kappa shape index (κ2) is 9.57. The number of rotatable bonds is 9. The Morgan fingerprint density at radius 2 is 1.60 bits per heavy atom. The highest BCUT2D eigenvalue weighted by Crippen LogP contribution is 2.28. The molecule has 0 aromatic heterocycles. The molecule has 5 nitrogen and oxygen atoms in total. The average Bonchev–Trinajstić information content (AvgIpc) is 2.62. The molecule has 0 saturated carbocycles. The third-order valence-electron chi connectivity index (χ3n) is 3.48. The molecule has 0 bridgehead atoms. The van der Waals surface area contributed by atoms with Crippen LogP contribution in [0.15, 0.2) is 42.5 Å². The summed E-state index contributed by atoms with van der Waals surface area (Å²) in [5.74, 6) is 1.84. The minimum atomic E-state index is -0.170. The number of benzene rings is 2. The van der Waals surface area contributed by atoms with Crippen molar-refractivity contribution in [2.24, 2.45) is 0 Å². The summed E-state index contributed by atoms with van der Waals surface area (Å²) in [6, 6.07) is 13.0. The molecule has 0 unspecified atom stereocenters. The molecule has 5 heteroatoms. The molecule has 0 aliphatic rings. The summed E-state index contributed by atoms with van der Waals surface area (Å²) in [4.78, 5) is 12.3. The maximum absolute atomic E-state index is 12.3. The van der Waals surface area contributed by atoms with Gasteiger partial charge in [0.15, 0.2) is 11.5 Å². The molecular formula is C20H25NO4. The smallest absolute Gasteiger partial charge is 0.251 e. The monoisotopic (exact) mass is 343 g/mol. The quantitative estimate of drug-likeness (QED) is 0.707. The average molecular weight is 343 g/mol. The van der Waals surface area contributed by atoms with Crippen molar-refractivity contribution in [3.8, 4) is 17.2 Å². The van der Waals surface area contributed by atoms with Crippen molar-refractivity contribution in [1.29, 1.82) is 0 Å². The molecule has 0 saturated heterocycles. The van der Waals surface area contributed by atoms with E-state index >= 15 is 0 Å². The van der Waals surface area contributed by atoms with Crippen LogP contribution in [0, 0.1) is 6.92 Å². The Morgan fingerprint density at radius 3 is 2.28 bits per heavy atom. The van der Waals surface area contributed by atoms with E-state index in [0.717, 1.165) is 5.75 Å². The Bertz CT molecular complexity index is 683. The van der Waals surface area contributed by atoms with Gasteiger partial charge in [0.1, 0.15) is 12.4 Å².